The Morgan fingerprint density at radius 1 is 1.26 bits per heavy atom. The summed E-state index contributed by atoms with van der Waals surface area (Å²) < 4.78 is 37.4. The fourth-order valence-corrected chi connectivity index (χ4v) is 2.58. The van der Waals surface area contributed by atoms with Crippen molar-refractivity contribution in [2.45, 2.75) is 37.0 Å². The zero-order chi connectivity index (χ0) is 14.3. The lowest BCUT2D eigenvalue weighted by atomic mass is 9.78. The Morgan fingerprint density at radius 3 is 2.21 bits per heavy atom. The van der Waals surface area contributed by atoms with Crippen LogP contribution in [0.3, 0.4) is 0 Å². The van der Waals surface area contributed by atoms with Gasteiger partial charge in [0.25, 0.3) is 0 Å². The normalized spacial score (nSPS) is 27.5. The van der Waals surface area contributed by atoms with E-state index in [1.165, 1.54) is 12.1 Å². The lowest BCUT2D eigenvalue weighted by molar-refractivity contribution is -0.144. The number of benzene rings is 1. The average Bonchev–Trinajstić information content (AvgIpc) is 2.72. The molecule has 1 aromatic carbocycles. The highest BCUT2D eigenvalue weighted by molar-refractivity contribution is 5.82. The van der Waals surface area contributed by atoms with Gasteiger partial charge in [0.1, 0.15) is 0 Å². The van der Waals surface area contributed by atoms with E-state index in [0.717, 1.165) is 12.1 Å². The van der Waals surface area contributed by atoms with Crippen LogP contribution in [0.5, 0.6) is 0 Å². The molecule has 0 amide bonds. The van der Waals surface area contributed by atoms with Gasteiger partial charge in [0.15, 0.2) is 0 Å². The highest BCUT2D eigenvalue weighted by Gasteiger charge is 2.46. The molecule has 104 valence electrons. The summed E-state index contributed by atoms with van der Waals surface area (Å²) in [4.78, 5) is 11.4. The molecule has 1 aromatic rings. The van der Waals surface area contributed by atoms with Gasteiger partial charge < -0.3 is 10.2 Å². The number of carboxylic acids is 1. The third kappa shape index (κ3) is 2.45. The van der Waals surface area contributed by atoms with E-state index in [9.17, 15) is 28.2 Å². The monoisotopic (exact) mass is 274 g/mol. The maximum atomic E-state index is 12.5. The van der Waals surface area contributed by atoms with Crippen LogP contribution in [0.25, 0.3) is 0 Å². The first kappa shape index (κ1) is 13.9. The summed E-state index contributed by atoms with van der Waals surface area (Å²) in [6.45, 7) is 0. The van der Waals surface area contributed by atoms with Gasteiger partial charge in [0.2, 0.25) is 0 Å². The van der Waals surface area contributed by atoms with Gasteiger partial charge in [-0.25, -0.2) is 0 Å². The summed E-state index contributed by atoms with van der Waals surface area (Å²) in [5, 5.41) is 18.8. The van der Waals surface area contributed by atoms with E-state index < -0.39 is 29.2 Å². The molecule has 1 saturated carbocycles. The Labute approximate surface area is 107 Å². The Bertz CT molecular complexity index is 481. The maximum absolute atomic E-state index is 12.5. The van der Waals surface area contributed by atoms with Crippen molar-refractivity contribution in [3.05, 3.63) is 35.4 Å². The van der Waals surface area contributed by atoms with Crippen LogP contribution in [0.1, 0.15) is 30.4 Å². The van der Waals surface area contributed by atoms with Crippen LogP contribution in [0, 0.1) is 0 Å². The van der Waals surface area contributed by atoms with E-state index in [0.29, 0.717) is 12.0 Å². The molecule has 0 heterocycles. The molecule has 6 heteroatoms. The molecule has 0 radical (unpaired) electrons. The third-order valence-corrected chi connectivity index (χ3v) is 3.66. The summed E-state index contributed by atoms with van der Waals surface area (Å²) >= 11 is 0. The van der Waals surface area contributed by atoms with Gasteiger partial charge in [0.05, 0.1) is 17.1 Å². The van der Waals surface area contributed by atoms with Crippen LogP contribution in [0.15, 0.2) is 24.3 Å². The Hall–Kier alpha value is -1.56. The molecule has 0 aliphatic heterocycles. The molecule has 1 fully saturated rings. The highest BCUT2D eigenvalue weighted by atomic mass is 19.4. The van der Waals surface area contributed by atoms with Crippen molar-refractivity contribution in [3.63, 3.8) is 0 Å². The number of rotatable bonds is 2. The minimum Gasteiger partial charge on any atom is -0.481 e. The molecule has 3 nitrogen and oxygen atoms in total. The van der Waals surface area contributed by atoms with Gasteiger partial charge >= 0.3 is 12.1 Å². The molecule has 0 bridgehead atoms. The molecule has 2 N–H and O–H groups in total. The number of halogens is 3. The van der Waals surface area contributed by atoms with Gasteiger partial charge in [-0.05, 0) is 37.0 Å². The van der Waals surface area contributed by atoms with Gasteiger partial charge in [-0.2, -0.15) is 13.2 Å². The summed E-state index contributed by atoms with van der Waals surface area (Å²) in [6.07, 6.45) is -4.56. The Morgan fingerprint density at radius 2 is 1.84 bits per heavy atom. The third-order valence-electron chi connectivity index (χ3n) is 3.66. The number of carbonyl (C=O) groups is 1. The van der Waals surface area contributed by atoms with Crippen LogP contribution >= 0.6 is 0 Å². The van der Waals surface area contributed by atoms with Gasteiger partial charge in [-0.1, -0.05) is 12.1 Å². The molecule has 0 spiro atoms. The molecular weight excluding hydrogens is 261 g/mol. The van der Waals surface area contributed by atoms with E-state index >= 15 is 0 Å². The Kier molecular flexibility index (Phi) is 3.30. The van der Waals surface area contributed by atoms with Crippen molar-refractivity contribution in [1.29, 1.82) is 0 Å². The van der Waals surface area contributed by atoms with E-state index in [1.54, 1.807) is 0 Å². The van der Waals surface area contributed by atoms with Crippen molar-refractivity contribution < 1.29 is 28.2 Å². The second-order valence-corrected chi connectivity index (χ2v) is 4.86. The number of hydrogen-bond acceptors (Lipinski definition) is 2. The van der Waals surface area contributed by atoms with E-state index in [2.05, 4.69) is 0 Å². The van der Waals surface area contributed by atoms with E-state index in [-0.39, 0.29) is 12.8 Å². The van der Waals surface area contributed by atoms with Crippen molar-refractivity contribution in [2.75, 3.05) is 0 Å². The molecule has 2 rings (SSSR count). The lowest BCUT2D eigenvalue weighted by Crippen LogP contribution is -2.33. The first-order valence-corrected chi connectivity index (χ1v) is 5.85. The lowest BCUT2D eigenvalue weighted by Gasteiger charge is -2.24. The zero-order valence-electron chi connectivity index (χ0n) is 9.94. The average molecular weight is 274 g/mol. The smallest absolute Gasteiger partial charge is 0.416 e. The SMILES string of the molecule is O=C(O)C1(c2ccc(C(F)(F)F)cc2)CCC(O)C1. The van der Waals surface area contributed by atoms with Crippen LogP contribution in [0.4, 0.5) is 13.2 Å². The molecule has 0 saturated heterocycles. The quantitative estimate of drug-likeness (QED) is 0.871. The molecule has 1 aliphatic rings. The maximum Gasteiger partial charge on any atom is 0.416 e. The number of aliphatic carboxylic acids is 1. The molecular formula is C13H13F3O3. The van der Waals surface area contributed by atoms with Crippen molar-refractivity contribution in [2.24, 2.45) is 0 Å². The number of alkyl halides is 3. The van der Waals surface area contributed by atoms with E-state index in [1.807, 2.05) is 0 Å². The highest BCUT2D eigenvalue weighted by Crippen LogP contribution is 2.42. The zero-order valence-corrected chi connectivity index (χ0v) is 9.94. The second-order valence-electron chi connectivity index (χ2n) is 4.86. The molecule has 2 unspecified atom stereocenters. The van der Waals surface area contributed by atoms with Gasteiger partial charge in [0, 0.05) is 0 Å². The standard InChI is InChI=1S/C13H13F3O3/c14-13(15,16)9-3-1-8(2-4-9)12(11(18)19)6-5-10(17)7-12/h1-4,10,17H,5-7H2,(H,18,19). The summed E-state index contributed by atoms with van der Waals surface area (Å²) in [5.74, 6) is -1.11. The van der Waals surface area contributed by atoms with Gasteiger partial charge in [-0.3, -0.25) is 4.79 Å². The van der Waals surface area contributed by atoms with Crippen molar-refractivity contribution in [1.82, 2.24) is 0 Å². The second kappa shape index (κ2) is 4.52. The topological polar surface area (TPSA) is 57.5 Å². The van der Waals surface area contributed by atoms with Crippen molar-refractivity contribution in [3.8, 4) is 0 Å². The van der Waals surface area contributed by atoms with Crippen LogP contribution in [-0.2, 0) is 16.4 Å². The minimum atomic E-state index is -4.44. The molecule has 2 atom stereocenters. The first-order chi connectivity index (χ1) is 8.75. The van der Waals surface area contributed by atoms with Crippen molar-refractivity contribution >= 4 is 5.97 Å². The summed E-state index contributed by atoms with van der Waals surface area (Å²) in [7, 11) is 0. The van der Waals surface area contributed by atoms with Gasteiger partial charge in [-0.15, -0.1) is 0 Å². The first-order valence-electron chi connectivity index (χ1n) is 5.85. The van der Waals surface area contributed by atoms with Crippen LogP contribution < -0.4 is 0 Å². The number of aliphatic hydroxyl groups excluding tert-OH is 1. The fourth-order valence-electron chi connectivity index (χ4n) is 2.58. The number of aliphatic hydroxyl groups is 1. The van der Waals surface area contributed by atoms with Crippen LogP contribution in [0.2, 0.25) is 0 Å². The molecule has 1 aliphatic carbocycles. The predicted molar refractivity (Wildman–Crippen MR) is 60.6 cm³/mol. The number of carboxylic acid groups (broad SMARTS) is 1. The molecule has 19 heavy (non-hydrogen) atoms. The Balaban J connectivity index is 2.37. The molecule has 0 aromatic heterocycles. The van der Waals surface area contributed by atoms with E-state index in [4.69, 9.17) is 0 Å². The number of hydrogen-bond donors (Lipinski definition) is 2. The largest absolute Gasteiger partial charge is 0.481 e. The minimum absolute atomic E-state index is 0.0354. The summed E-state index contributed by atoms with van der Waals surface area (Å²) in [5.41, 5.74) is -1.77. The van der Waals surface area contributed by atoms with Crippen LogP contribution in [-0.4, -0.2) is 22.3 Å². The predicted octanol–water partition coefficient (Wildman–Crippen LogP) is 2.57. The fraction of sp³-hybridized carbons (Fsp3) is 0.462. The summed E-state index contributed by atoms with van der Waals surface area (Å²) in [6, 6.07) is 4.14.